The summed E-state index contributed by atoms with van der Waals surface area (Å²) in [4.78, 5) is 10.9. The SMILES string of the molecule is O=C(O)c1cc2c(c(Cl)c1O)CCCCC2. The molecule has 0 heterocycles. The van der Waals surface area contributed by atoms with Crippen molar-refractivity contribution in [2.45, 2.75) is 32.1 Å². The lowest BCUT2D eigenvalue weighted by molar-refractivity contribution is 0.0693. The van der Waals surface area contributed by atoms with Gasteiger partial charge < -0.3 is 10.2 Å². The van der Waals surface area contributed by atoms with E-state index in [1.165, 1.54) is 0 Å². The number of aryl methyl sites for hydroxylation is 1. The maximum Gasteiger partial charge on any atom is 0.339 e. The number of fused-ring (bicyclic) bond motifs is 1. The van der Waals surface area contributed by atoms with Gasteiger partial charge in [-0.15, -0.1) is 0 Å². The molecular weight excluding hydrogens is 228 g/mol. The summed E-state index contributed by atoms with van der Waals surface area (Å²) >= 11 is 6.02. The predicted octanol–water partition coefficient (Wildman–Crippen LogP) is 3.01. The van der Waals surface area contributed by atoms with Crippen molar-refractivity contribution >= 4 is 17.6 Å². The number of carboxylic acid groups (broad SMARTS) is 1. The number of aromatic carboxylic acids is 1. The van der Waals surface area contributed by atoms with E-state index >= 15 is 0 Å². The second-order valence-electron chi connectivity index (χ2n) is 4.09. The molecule has 0 fully saturated rings. The minimum atomic E-state index is -1.13. The summed E-state index contributed by atoms with van der Waals surface area (Å²) in [6.45, 7) is 0. The second kappa shape index (κ2) is 4.34. The Hall–Kier alpha value is -1.22. The summed E-state index contributed by atoms with van der Waals surface area (Å²) in [5, 5.41) is 18.9. The predicted molar refractivity (Wildman–Crippen MR) is 61.3 cm³/mol. The van der Waals surface area contributed by atoms with Gasteiger partial charge in [-0.05, 0) is 42.9 Å². The normalized spacial score (nSPS) is 15.3. The molecule has 0 atom stereocenters. The number of carboxylic acids is 1. The van der Waals surface area contributed by atoms with Gasteiger partial charge in [-0.25, -0.2) is 4.79 Å². The van der Waals surface area contributed by atoms with E-state index in [1.54, 1.807) is 6.07 Å². The van der Waals surface area contributed by atoms with E-state index in [-0.39, 0.29) is 16.3 Å². The van der Waals surface area contributed by atoms with Crippen LogP contribution in [0, 0.1) is 0 Å². The molecule has 0 amide bonds. The van der Waals surface area contributed by atoms with Crippen molar-refractivity contribution in [3.63, 3.8) is 0 Å². The lowest BCUT2D eigenvalue weighted by Gasteiger charge is -2.11. The fourth-order valence-electron chi connectivity index (χ4n) is 2.18. The van der Waals surface area contributed by atoms with Gasteiger partial charge in [0, 0.05) is 0 Å². The third-order valence-corrected chi connectivity index (χ3v) is 3.44. The Morgan fingerprint density at radius 3 is 2.62 bits per heavy atom. The monoisotopic (exact) mass is 240 g/mol. The third-order valence-electron chi connectivity index (χ3n) is 3.04. The fraction of sp³-hybridized carbons (Fsp3) is 0.417. The van der Waals surface area contributed by atoms with Crippen molar-refractivity contribution in [1.29, 1.82) is 0 Å². The molecule has 0 saturated heterocycles. The van der Waals surface area contributed by atoms with E-state index in [2.05, 4.69) is 0 Å². The molecular formula is C12H13ClO3. The minimum Gasteiger partial charge on any atom is -0.505 e. The van der Waals surface area contributed by atoms with Gasteiger partial charge >= 0.3 is 5.97 Å². The van der Waals surface area contributed by atoms with Crippen LogP contribution >= 0.6 is 11.6 Å². The first-order valence-electron chi connectivity index (χ1n) is 5.37. The topological polar surface area (TPSA) is 57.5 Å². The zero-order chi connectivity index (χ0) is 11.7. The van der Waals surface area contributed by atoms with E-state index in [0.717, 1.165) is 43.2 Å². The van der Waals surface area contributed by atoms with Gasteiger partial charge in [0.05, 0.1) is 5.02 Å². The molecule has 0 spiro atoms. The summed E-state index contributed by atoms with van der Waals surface area (Å²) in [5.74, 6) is -1.43. The van der Waals surface area contributed by atoms with E-state index in [4.69, 9.17) is 16.7 Å². The van der Waals surface area contributed by atoms with Crippen molar-refractivity contribution < 1.29 is 15.0 Å². The first-order chi connectivity index (χ1) is 7.61. The molecule has 4 heteroatoms. The number of aromatic hydroxyl groups is 1. The van der Waals surface area contributed by atoms with E-state index in [0.29, 0.717) is 0 Å². The number of rotatable bonds is 1. The van der Waals surface area contributed by atoms with Gasteiger partial charge in [0.15, 0.2) is 0 Å². The number of carbonyl (C=O) groups is 1. The molecule has 1 aromatic rings. The molecule has 86 valence electrons. The fourth-order valence-corrected chi connectivity index (χ4v) is 2.50. The Balaban J connectivity index is 2.59. The van der Waals surface area contributed by atoms with Crippen molar-refractivity contribution in [2.75, 3.05) is 0 Å². The Bertz CT molecular complexity index is 440. The van der Waals surface area contributed by atoms with Crippen LogP contribution in [-0.4, -0.2) is 16.2 Å². The van der Waals surface area contributed by atoms with Crippen molar-refractivity contribution in [3.8, 4) is 5.75 Å². The molecule has 3 nitrogen and oxygen atoms in total. The van der Waals surface area contributed by atoms with E-state index < -0.39 is 5.97 Å². The van der Waals surface area contributed by atoms with Crippen LogP contribution in [0.2, 0.25) is 5.02 Å². The smallest absolute Gasteiger partial charge is 0.339 e. The molecule has 0 radical (unpaired) electrons. The number of hydrogen-bond donors (Lipinski definition) is 2. The minimum absolute atomic E-state index is 0.0920. The second-order valence-corrected chi connectivity index (χ2v) is 4.47. The number of hydrogen-bond acceptors (Lipinski definition) is 2. The lowest BCUT2D eigenvalue weighted by Crippen LogP contribution is -2.02. The van der Waals surface area contributed by atoms with Gasteiger partial charge in [-0.1, -0.05) is 18.0 Å². The van der Waals surface area contributed by atoms with Gasteiger partial charge in [-0.2, -0.15) is 0 Å². The summed E-state index contributed by atoms with van der Waals surface area (Å²) in [5.41, 5.74) is 1.80. The highest BCUT2D eigenvalue weighted by Crippen LogP contribution is 2.36. The zero-order valence-electron chi connectivity index (χ0n) is 8.79. The van der Waals surface area contributed by atoms with Crippen LogP contribution in [0.4, 0.5) is 0 Å². The molecule has 0 bridgehead atoms. The van der Waals surface area contributed by atoms with E-state index in [9.17, 15) is 9.90 Å². The molecule has 16 heavy (non-hydrogen) atoms. The van der Waals surface area contributed by atoms with Gasteiger partial charge in [-0.3, -0.25) is 0 Å². The van der Waals surface area contributed by atoms with E-state index in [1.807, 2.05) is 0 Å². The molecule has 2 rings (SSSR count). The van der Waals surface area contributed by atoms with Crippen LogP contribution in [0.15, 0.2) is 6.07 Å². The average molecular weight is 241 g/mol. The highest BCUT2D eigenvalue weighted by atomic mass is 35.5. The Morgan fingerprint density at radius 2 is 1.94 bits per heavy atom. The zero-order valence-corrected chi connectivity index (χ0v) is 9.55. The molecule has 1 aromatic carbocycles. The Labute approximate surface area is 98.7 Å². The van der Waals surface area contributed by atoms with Crippen LogP contribution in [0.3, 0.4) is 0 Å². The first-order valence-corrected chi connectivity index (χ1v) is 5.75. The number of benzene rings is 1. The van der Waals surface area contributed by atoms with Crippen LogP contribution < -0.4 is 0 Å². The summed E-state index contributed by atoms with van der Waals surface area (Å²) in [7, 11) is 0. The van der Waals surface area contributed by atoms with Crippen LogP contribution in [0.1, 0.15) is 40.7 Å². The molecule has 1 aliphatic rings. The molecule has 1 aliphatic carbocycles. The summed E-state index contributed by atoms with van der Waals surface area (Å²) < 4.78 is 0. The quantitative estimate of drug-likeness (QED) is 0.742. The van der Waals surface area contributed by atoms with Crippen molar-refractivity contribution in [2.24, 2.45) is 0 Å². The molecule has 0 unspecified atom stereocenters. The number of phenols is 1. The highest BCUT2D eigenvalue weighted by Gasteiger charge is 2.20. The molecule has 0 saturated carbocycles. The maximum absolute atomic E-state index is 10.9. The summed E-state index contributed by atoms with van der Waals surface area (Å²) in [6.07, 6.45) is 4.87. The molecule has 2 N–H and O–H groups in total. The van der Waals surface area contributed by atoms with Crippen LogP contribution in [0.25, 0.3) is 0 Å². The Kier molecular flexibility index (Phi) is 3.06. The average Bonchev–Trinajstić information content (AvgIpc) is 2.48. The number of halogens is 1. The highest BCUT2D eigenvalue weighted by molar-refractivity contribution is 6.33. The third kappa shape index (κ3) is 1.87. The molecule has 0 aromatic heterocycles. The van der Waals surface area contributed by atoms with Crippen LogP contribution in [0.5, 0.6) is 5.75 Å². The Morgan fingerprint density at radius 1 is 1.25 bits per heavy atom. The first kappa shape index (κ1) is 11.3. The van der Waals surface area contributed by atoms with Gasteiger partial charge in [0.25, 0.3) is 0 Å². The van der Waals surface area contributed by atoms with Crippen molar-refractivity contribution in [1.82, 2.24) is 0 Å². The largest absolute Gasteiger partial charge is 0.505 e. The van der Waals surface area contributed by atoms with Crippen LogP contribution in [-0.2, 0) is 12.8 Å². The maximum atomic E-state index is 10.9. The molecule has 0 aliphatic heterocycles. The van der Waals surface area contributed by atoms with Gasteiger partial charge in [0.2, 0.25) is 0 Å². The standard InChI is InChI=1S/C12H13ClO3/c13-10-8-5-3-1-2-4-7(8)6-9(11(10)14)12(15)16/h6,14H,1-5H2,(H,15,16). The van der Waals surface area contributed by atoms with Crippen molar-refractivity contribution in [3.05, 3.63) is 27.8 Å². The van der Waals surface area contributed by atoms with Gasteiger partial charge in [0.1, 0.15) is 11.3 Å². The lowest BCUT2D eigenvalue weighted by atomic mass is 9.99. The summed E-state index contributed by atoms with van der Waals surface area (Å²) in [6, 6.07) is 1.56.